The Labute approximate surface area is 99.0 Å². The summed E-state index contributed by atoms with van der Waals surface area (Å²) < 4.78 is 26.1. The summed E-state index contributed by atoms with van der Waals surface area (Å²) in [4.78, 5) is 11.9. The molecule has 0 atom stereocenters. The second-order valence-electron chi connectivity index (χ2n) is 4.40. The van der Waals surface area contributed by atoms with Crippen LogP contribution in [-0.2, 0) is 11.2 Å². The van der Waals surface area contributed by atoms with Crippen molar-refractivity contribution in [2.75, 3.05) is 13.1 Å². The van der Waals surface area contributed by atoms with Crippen LogP contribution in [-0.4, -0.2) is 18.9 Å². The second kappa shape index (κ2) is 5.36. The molecule has 0 bridgehead atoms. The van der Waals surface area contributed by atoms with Crippen LogP contribution in [0.4, 0.5) is 8.78 Å². The van der Waals surface area contributed by atoms with Gasteiger partial charge >= 0.3 is 0 Å². The first-order chi connectivity index (χ1) is 8.16. The van der Waals surface area contributed by atoms with Gasteiger partial charge in [-0.25, -0.2) is 8.78 Å². The molecule has 1 aliphatic heterocycles. The SMILES string of the molecule is O=C(Cc1ccc(F)cc1F)C1CCNCC1. The Balaban J connectivity index is 2.02. The lowest BCUT2D eigenvalue weighted by atomic mass is 9.90. The summed E-state index contributed by atoms with van der Waals surface area (Å²) >= 11 is 0. The van der Waals surface area contributed by atoms with Gasteiger partial charge in [-0.2, -0.15) is 0 Å². The average Bonchev–Trinajstić information content (AvgIpc) is 2.34. The molecule has 0 spiro atoms. The maximum absolute atomic E-state index is 13.4. The van der Waals surface area contributed by atoms with Crippen molar-refractivity contribution in [2.24, 2.45) is 5.92 Å². The molecule has 0 aromatic heterocycles. The predicted octanol–water partition coefficient (Wildman–Crippen LogP) is 2.08. The van der Waals surface area contributed by atoms with Crippen molar-refractivity contribution in [3.63, 3.8) is 0 Å². The smallest absolute Gasteiger partial charge is 0.140 e. The molecule has 1 N–H and O–H groups in total. The van der Waals surface area contributed by atoms with E-state index in [-0.39, 0.29) is 23.7 Å². The number of halogens is 2. The lowest BCUT2D eigenvalue weighted by Crippen LogP contribution is -2.32. The maximum Gasteiger partial charge on any atom is 0.140 e. The standard InChI is InChI=1S/C13H15F2NO/c14-11-2-1-10(12(15)8-11)7-13(17)9-3-5-16-6-4-9/h1-2,8-9,16H,3-7H2. The van der Waals surface area contributed by atoms with Crippen molar-refractivity contribution in [3.8, 4) is 0 Å². The molecule has 1 aromatic carbocycles. The summed E-state index contributed by atoms with van der Waals surface area (Å²) in [6, 6.07) is 3.36. The topological polar surface area (TPSA) is 29.1 Å². The van der Waals surface area contributed by atoms with Gasteiger partial charge in [0.25, 0.3) is 0 Å². The molecule has 1 heterocycles. The van der Waals surface area contributed by atoms with Crippen LogP contribution in [0.25, 0.3) is 0 Å². The van der Waals surface area contributed by atoms with Crippen LogP contribution in [0.3, 0.4) is 0 Å². The van der Waals surface area contributed by atoms with E-state index in [0.717, 1.165) is 32.0 Å². The van der Waals surface area contributed by atoms with Crippen molar-refractivity contribution < 1.29 is 13.6 Å². The van der Waals surface area contributed by atoms with E-state index in [2.05, 4.69) is 5.32 Å². The van der Waals surface area contributed by atoms with E-state index in [1.807, 2.05) is 0 Å². The van der Waals surface area contributed by atoms with Crippen molar-refractivity contribution in [3.05, 3.63) is 35.4 Å². The number of ketones is 1. The highest BCUT2D eigenvalue weighted by molar-refractivity contribution is 5.83. The van der Waals surface area contributed by atoms with Crippen LogP contribution in [0.1, 0.15) is 18.4 Å². The molecule has 17 heavy (non-hydrogen) atoms. The zero-order valence-electron chi connectivity index (χ0n) is 9.51. The number of rotatable bonds is 3. The number of carbonyl (C=O) groups is 1. The van der Waals surface area contributed by atoms with Gasteiger partial charge in [-0.1, -0.05) is 6.07 Å². The van der Waals surface area contributed by atoms with E-state index in [0.29, 0.717) is 0 Å². The van der Waals surface area contributed by atoms with E-state index in [1.54, 1.807) is 0 Å². The lowest BCUT2D eigenvalue weighted by molar-refractivity contribution is -0.123. The molecule has 0 unspecified atom stereocenters. The van der Waals surface area contributed by atoms with Crippen LogP contribution < -0.4 is 5.32 Å². The maximum atomic E-state index is 13.4. The van der Waals surface area contributed by atoms with E-state index < -0.39 is 11.6 Å². The molecule has 2 rings (SSSR count). The second-order valence-corrected chi connectivity index (χ2v) is 4.40. The molecule has 4 heteroatoms. The molecular weight excluding hydrogens is 224 g/mol. The summed E-state index contributed by atoms with van der Waals surface area (Å²) in [7, 11) is 0. The average molecular weight is 239 g/mol. The van der Waals surface area contributed by atoms with E-state index in [1.165, 1.54) is 12.1 Å². The number of benzene rings is 1. The van der Waals surface area contributed by atoms with Gasteiger partial charge in [-0.05, 0) is 37.6 Å². The Kier molecular flexibility index (Phi) is 3.84. The molecule has 0 amide bonds. The number of carbonyl (C=O) groups excluding carboxylic acids is 1. The largest absolute Gasteiger partial charge is 0.317 e. The van der Waals surface area contributed by atoms with Gasteiger partial charge in [-0.15, -0.1) is 0 Å². The highest BCUT2D eigenvalue weighted by atomic mass is 19.1. The summed E-state index contributed by atoms with van der Waals surface area (Å²) in [5, 5.41) is 3.18. The first-order valence-corrected chi connectivity index (χ1v) is 5.84. The minimum atomic E-state index is -0.632. The third-order valence-electron chi connectivity index (χ3n) is 3.17. The first kappa shape index (κ1) is 12.2. The van der Waals surface area contributed by atoms with E-state index in [4.69, 9.17) is 0 Å². The molecule has 2 nitrogen and oxygen atoms in total. The Hall–Kier alpha value is -1.29. The quantitative estimate of drug-likeness (QED) is 0.875. The third kappa shape index (κ3) is 3.09. The third-order valence-corrected chi connectivity index (χ3v) is 3.17. The van der Waals surface area contributed by atoms with Crippen molar-refractivity contribution in [2.45, 2.75) is 19.3 Å². The molecule has 1 saturated heterocycles. The monoisotopic (exact) mass is 239 g/mol. The number of Topliss-reactive ketones (excluding diaryl/α,β-unsaturated/α-hetero) is 1. The molecule has 0 saturated carbocycles. The van der Waals surface area contributed by atoms with Gasteiger partial charge in [0, 0.05) is 18.4 Å². The molecule has 92 valence electrons. The number of piperidine rings is 1. The summed E-state index contributed by atoms with van der Waals surface area (Å²) in [6.07, 6.45) is 1.68. The van der Waals surface area contributed by atoms with E-state index >= 15 is 0 Å². The van der Waals surface area contributed by atoms with Gasteiger partial charge < -0.3 is 5.32 Å². The van der Waals surface area contributed by atoms with Gasteiger partial charge in [0.2, 0.25) is 0 Å². The summed E-state index contributed by atoms with van der Waals surface area (Å²) in [5.41, 5.74) is 0.287. The highest BCUT2D eigenvalue weighted by Gasteiger charge is 2.21. The predicted molar refractivity (Wildman–Crippen MR) is 60.7 cm³/mol. The fraction of sp³-hybridized carbons (Fsp3) is 0.462. The van der Waals surface area contributed by atoms with Crippen LogP contribution in [0.15, 0.2) is 18.2 Å². The Morgan fingerprint density at radius 2 is 2.00 bits per heavy atom. The lowest BCUT2D eigenvalue weighted by Gasteiger charge is -2.21. The van der Waals surface area contributed by atoms with Crippen LogP contribution in [0.5, 0.6) is 0 Å². The highest BCUT2D eigenvalue weighted by Crippen LogP contribution is 2.17. The fourth-order valence-corrected chi connectivity index (χ4v) is 2.14. The zero-order chi connectivity index (χ0) is 12.3. The molecule has 0 radical (unpaired) electrons. The molecule has 1 fully saturated rings. The van der Waals surface area contributed by atoms with Gasteiger partial charge in [0.15, 0.2) is 0 Å². The Morgan fingerprint density at radius 1 is 1.29 bits per heavy atom. The van der Waals surface area contributed by atoms with Crippen LogP contribution >= 0.6 is 0 Å². The zero-order valence-corrected chi connectivity index (χ0v) is 9.51. The van der Waals surface area contributed by atoms with Crippen molar-refractivity contribution in [1.82, 2.24) is 5.32 Å². The number of hydrogen-bond acceptors (Lipinski definition) is 2. The molecule has 0 aliphatic carbocycles. The summed E-state index contributed by atoms with van der Waals surface area (Å²) in [5.74, 6) is -1.18. The van der Waals surface area contributed by atoms with Crippen molar-refractivity contribution >= 4 is 5.78 Å². The molecular formula is C13H15F2NO. The summed E-state index contributed by atoms with van der Waals surface area (Å²) in [6.45, 7) is 1.67. The Bertz CT molecular complexity index is 414. The molecule has 1 aliphatic rings. The van der Waals surface area contributed by atoms with Crippen molar-refractivity contribution in [1.29, 1.82) is 0 Å². The number of hydrogen-bond donors (Lipinski definition) is 1. The Morgan fingerprint density at radius 3 is 2.65 bits per heavy atom. The van der Waals surface area contributed by atoms with Gasteiger partial charge in [0.05, 0.1) is 0 Å². The first-order valence-electron chi connectivity index (χ1n) is 5.84. The van der Waals surface area contributed by atoms with Gasteiger partial charge in [0.1, 0.15) is 17.4 Å². The molecule has 1 aromatic rings. The van der Waals surface area contributed by atoms with Crippen LogP contribution in [0.2, 0.25) is 0 Å². The van der Waals surface area contributed by atoms with Crippen LogP contribution in [0, 0.1) is 17.6 Å². The number of nitrogens with one attached hydrogen (secondary N) is 1. The normalized spacial score (nSPS) is 17.1. The van der Waals surface area contributed by atoms with Gasteiger partial charge in [-0.3, -0.25) is 4.79 Å². The fourth-order valence-electron chi connectivity index (χ4n) is 2.14. The minimum absolute atomic E-state index is 0.0145. The van der Waals surface area contributed by atoms with E-state index in [9.17, 15) is 13.6 Å². The minimum Gasteiger partial charge on any atom is -0.317 e.